The number of nitrogens with two attached hydrogens (primary N) is 1. The molecule has 3 nitrogen and oxygen atoms in total. The average Bonchev–Trinajstić information content (AvgIpc) is 2.74. The van der Waals surface area contributed by atoms with Gasteiger partial charge in [-0.1, -0.05) is 12.8 Å². The lowest BCUT2D eigenvalue weighted by Crippen LogP contribution is -2.43. The molecule has 2 aliphatic rings. The fourth-order valence-electron chi connectivity index (χ4n) is 2.92. The Morgan fingerprint density at radius 1 is 1.15 bits per heavy atom. The molecule has 1 unspecified atom stereocenters. The van der Waals surface area contributed by atoms with Gasteiger partial charge >= 0.3 is 0 Å². The Labute approximate surface area is 79.8 Å². The molecule has 1 aliphatic heterocycles. The Hall–Kier alpha value is -0.730. The molecule has 74 valence electrons. The maximum absolute atomic E-state index is 7.49. The van der Waals surface area contributed by atoms with Crippen molar-refractivity contribution in [2.45, 2.75) is 44.6 Å². The highest BCUT2D eigenvalue weighted by Crippen LogP contribution is 2.34. The molecule has 1 heterocycles. The van der Waals surface area contributed by atoms with Crippen LogP contribution in [0.5, 0.6) is 0 Å². The van der Waals surface area contributed by atoms with Crippen LogP contribution in [0.1, 0.15) is 38.5 Å². The van der Waals surface area contributed by atoms with Crippen molar-refractivity contribution in [1.82, 2.24) is 4.90 Å². The molecule has 0 spiro atoms. The third-order valence-corrected chi connectivity index (χ3v) is 3.55. The lowest BCUT2D eigenvalue weighted by molar-refractivity contribution is 0.277. The van der Waals surface area contributed by atoms with Crippen molar-refractivity contribution >= 4 is 5.96 Å². The van der Waals surface area contributed by atoms with Gasteiger partial charge in [0.15, 0.2) is 5.96 Å². The second kappa shape index (κ2) is 3.56. The van der Waals surface area contributed by atoms with Gasteiger partial charge in [-0.2, -0.15) is 0 Å². The first-order chi connectivity index (χ1) is 6.29. The first-order valence-corrected chi connectivity index (χ1v) is 5.39. The summed E-state index contributed by atoms with van der Waals surface area (Å²) in [5.74, 6) is 1.11. The van der Waals surface area contributed by atoms with E-state index in [9.17, 15) is 0 Å². The SMILES string of the molecule is N=C(N)N1CCCC1C1CCCC1. The van der Waals surface area contributed by atoms with Crippen molar-refractivity contribution in [3.63, 3.8) is 0 Å². The van der Waals surface area contributed by atoms with Gasteiger partial charge in [-0.3, -0.25) is 5.41 Å². The number of nitrogens with one attached hydrogen (secondary N) is 1. The van der Waals surface area contributed by atoms with E-state index in [0.717, 1.165) is 12.5 Å². The molecule has 3 N–H and O–H groups in total. The minimum atomic E-state index is 0.286. The molecular weight excluding hydrogens is 162 g/mol. The van der Waals surface area contributed by atoms with Crippen molar-refractivity contribution in [1.29, 1.82) is 5.41 Å². The summed E-state index contributed by atoms with van der Waals surface area (Å²) in [5, 5.41) is 7.49. The third kappa shape index (κ3) is 1.64. The van der Waals surface area contributed by atoms with E-state index in [0.29, 0.717) is 6.04 Å². The molecule has 0 amide bonds. The molecule has 13 heavy (non-hydrogen) atoms. The molecule has 0 bridgehead atoms. The standard InChI is InChI=1S/C10H19N3/c11-10(12)13-7-3-6-9(13)8-4-1-2-5-8/h8-9H,1-7H2,(H3,11,12). The Morgan fingerprint density at radius 2 is 1.85 bits per heavy atom. The summed E-state index contributed by atoms with van der Waals surface area (Å²) in [6.07, 6.45) is 7.95. The highest BCUT2D eigenvalue weighted by molar-refractivity contribution is 5.75. The number of nitrogens with zero attached hydrogens (tertiary/aromatic N) is 1. The summed E-state index contributed by atoms with van der Waals surface area (Å²) in [6.45, 7) is 1.01. The van der Waals surface area contributed by atoms with Gasteiger partial charge in [-0.05, 0) is 31.6 Å². The number of hydrogen-bond acceptors (Lipinski definition) is 1. The van der Waals surface area contributed by atoms with Crippen LogP contribution in [-0.2, 0) is 0 Å². The predicted octanol–water partition coefficient (Wildman–Crippen LogP) is 1.53. The highest BCUT2D eigenvalue weighted by Gasteiger charge is 2.33. The zero-order chi connectivity index (χ0) is 9.26. The molecule has 0 aromatic carbocycles. The topological polar surface area (TPSA) is 53.1 Å². The lowest BCUT2D eigenvalue weighted by atomic mass is 9.96. The first kappa shape index (κ1) is 8.85. The van der Waals surface area contributed by atoms with E-state index < -0.39 is 0 Å². The molecule has 0 radical (unpaired) electrons. The third-order valence-electron chi connectivity index (χ3n) is 3.55. The largest absolute Gasteiger partial charge is 0.370 e. The Bertz CT molecular complexity index is 196. The fraction of sp³-hybridized carbons (Fsp3) is 0.900. The van der Waals surface area contributed by atoms with E-state index >= 15 is 0 Å². The summed E-state index contributed by atoms with van der Waals surface area (Å²) < 4.78 is 0. The normalized spacial score (nSPS) is 29.8. The molecule has 1 saturated carbocycles. The molecule has 0 aromatic heterocycles. The molecule has 3 heteroatoms. The van der Waals surface area contributed by atoms with E-state index in [4.69, 9.17) is 11.1 Å². The first-order valence-electron chi connectivity index (χ1n) is 5.39. The van der Waals surface area contributed by atoms with E-state index in [1.807, 2.05) is 0 Å². The summed E-state index contributed by atoms with van der Waals surface area (Å²) in [7, 11) is 0. The zero-order valence-electron chi connectivity index (χ0n) is 8.13. The van der Waals surface area contributed by atoms with Gasteiger partial charge in [-0.25, -0.2) is 0 Å². The number of rotatable bonds is 1. The Balaban J connectivity index is 2.00. The van der Waals surface area contributed by atoms with Gasteiger partial charge in [0, 0.05) is 12.6 Å². The molecule has 0 aromatic rings. The van der Waals surface area contributed by atoms with Crippen molar-refractivity contribution in [3.8, 4) is 0 Å². The quantitative estimate of drug-likeness (QED) is 0.476. The minimum absolute atomic E-state index is 0.286. The van der Waals surface area contributed by atoms with Gasteiger partial charge in [0.05, 0.1) is 0 Å². The summed E-state index contributed by atoms with van der Waals surface area (Å²) in [4.78, 5) is 2.11. The zero-order valence-corrected chi connectivity index (χ0v) is 8.13. The lowest BCUT2D eigenvalue weighted by Gasteiger charge is -2.29. The van der Waals surface area contributed by atoms with Gasteiger partial charge in [0.2, 0.25) is 0 Å². The summed E-state index contributed by atoms with van der Waals surface area (Å²) in [6, 6.07) is 0.597. The molecule has 1 atom stereocenters. The van der Waals surface area contributed by atoms with Gasteiger partial charge in [0.25, 0.3) is 0 Å². The van der Waals surface area contributed by atoms with Crippen molar-refractivity contribution < 1.29 is 0 Å². The highest BCUT2D eigenvalue weighted by atomic mass is 15.3. The van der Waals surface area contributed by atoms with Crippen LogP contribution in [0, 0.1) is 11.3 Å². The molecule has 2 rings (SSSR count). The average molecular weight is 181 g/mol. The maximum atomic E-state index is 7.49. The van der Waals surface area contributed by atoms with Crippen LogP contribution in [0.4, 0.5) is 0 Å². The van der Waals surface area contributed by atoms with E-state index in [1.165, 1.54) is 38.5 Å². The van der Waals surface area contributed by atoms with Gasteiger partial charge in [0.1, 0.15) is 0 Å². The summed E-state index contributed by atoms with van der Waals surface area (Å²) in [5.41, 5.74) is 5.56. The molecule has 2 fully saturated rings. The number of guanidine groups is 1. The van der Waals surface area contributed by atoms with Crippen LogP contribution in [-0.4, -0.2) is 23.4 Å². The Kier molecular flexibility index (Phi) is 2.42. The van der Waals surface area contributed by atoms with Crippen LogP contribution < -0.4 is 5.73 Å². The van der Waals surface area contributed by atoms with Crippen LogP contribution in [0.25, 0.3) is 0 Å². The van der Waals surface area contributed by atoms with Crippen LogP contribution in [0.3, 0.4) is 0 Å². The second-order valence-electron chi connectivity index (χ2n) is 4.33. The fourth-order valence-corrected chi connectivity index (χ4v) is 2.92. The summed E-state index contributed by atoms with van der Waals surface area (Å²) >= 11 is 0. The molecule has 1 aliphatic carbocycles. The molecular formula is C10H19N3. The maximum Gasteiger partial charge on any atom is 0.188 e. The predicted molar refractivity (Wildman–Crippen MR) is 53.6 cm³/mol. The van der Waals surface area contributed by atoms with Crippen molar-refractivity contribution in [3.05, 3.63) is 0 Å². The van der Waals surface area contributed by atoms with Crippen LogP contribution >= 0.6 is 0 Å². The van der Waals surface area contributed by atoms with Crippen molar-refractivity contribution in [2.24, 2.45) is 11.7 Å². The monoisotopic (exact) mass is 181 g/mol. The Morgan fingerprint density at radius 3 is 2.46 bits per heavy atom. The van der Waals surface area contributed by atoms with E-state index in [2.05, 4.69) is 4.90 Å². The van der Waals surface area contributed by atoms with E-state index in [-0.39, 0.29) is 5.96 Å². The minimum Gasteiger partial charge on any atom is -0.370 e. The second-order valence-corrected chi connectivity index (χ2v) is 4.33. The van der Waals surface area contributed by atoms with Gasteiger partial charge < -0.3 is 10.6 Å². The molecule has 1 saturated heterocycles. The van der Waals surface area contributed by atoms with E-state index in [1.54, 1.807) is 0 Å². The smallest absolute Gasteiger partial charge is 0.188 e. The van der Waals surface area contributed by atoms with Crippen LogP contribution in [0.2, 0.25) is 0 Å². The van der Waals surface area contributed by atoms with Crippen LogP contribution in [0.15, 0.2) is 0 Å². The van der Waals surface area contributed by atoms with Gasteiger partial charge in [-0.15, -0.1) is 0 Å². The number of hydrogen-bond donors (Lipinski definition) is 2. The number of likely N-dealkylation sites (tertiary alicyclic amines) is 1. The van der Waals surface area contributed by atoms with Crippen molar-refractivity contribution in [2.75, 3.05) is 6.54 Å².